The Kier molecular flexibility index (Phi) is 6.87. The van der Waals surface area contributed by atoms with Crippen LogP contribution in [0, 0.1) is 11.8 Å². The monoisotopic (exact) mass is 411 g/mol. The lowest BCUT2D eigenvalue weighted by atomic mass is 10.0. The van der Waals surface area contributed by atoms with Gasteiger partial charge in [-0.05, 0) is 48.9 Å². The number of ether oxygens (including phenoxy) is 1. The first-order valence-electron chi connectivity index (χ1n) is 10.5. The molecule has 1 fully saturated rings. The first-order chi connectivity index (χ1) is 14.3. The van der Waals surface area contributed by atoms with Crippen molar-refractivity contribution in [3.63, 3.8) is 0 Å². The van der Waals surface area contributed by atoms with Crippen LogP contribution in [0.5, 0.6) is 5.75 Å². The van der Waals surface area contributed by atoms with E-state index in [-0.39, 0.29) is 36.7 Å². The molecule has 1 aliphatic rings. The summed E-state index contributed by atoms with van der Waals surface area (Å²) in [5.41, 5.74) is 0.879. The Morgan fingerprint density at radius 3 is 2.63 bits per heavy atom. The van der Waals surface area contributed by atoms with Gasteiger partial charge in [0.1, 0.15) is 12.4 Å². The quantitative estimate of drug-likeness (QED) is 0.605. The molecule has 30 heavy (non-hydrogen) atoms. The number of hydrogen-bond acceptors (Lipinski definition) is 5. The van der Waals surface area contributed by atoms with Crippen molar-refractivity contribution in [1.82, 2.24) is 4.57 Å². The van der Waals surface area contributed by atoms with Gasteiger partial charge in [-0.15, -0.1) is 0 Å². The Bertz CT molecular complexity index is 991. The molecule has 1 heterocycles. The number of aromatic nitrogens is 1. The third kappa shape index (κ3) is 5.45. The zero-order valence-electron chi connectivity index (χ0n) is 17.8. The number of rotatable bonds is 10. The predicted octanol–water partition coefficient (Wildman–Crippen LogP) is 3.48. The van der Waals surface area contributed by atoms with Crippen molar-refractivity contribution in [2.45, 2.75) is 52.7 Å². The minimum Gasteiger partial charge on any atom is -0.491 e. The van der Waals surface area contributed by atoms with Gasteiger partial charge in [0.25, 0.3) is 5.56 Å². The summed E-state index contributed by atoms with van der Waals surface area (Å²) < 4.78 is 6.96. The molecule has 1 aromatic heterocycles. The third-order valence-corrected chi connectivity index (χ3v) is 5.50. The number of nitrogens with zero attached hydrogens (tertiary/aromatic N) is 1. The van der Waals surface area contributed by atoms with Gasteiger partial charge in [-0.2, -0.15) is 0 Å². The number of Topliss-reactive ketones (excluding diaryl/α,β-unsaturated/α-hetero) is 2. The molecule has 3 atom stereocenters. The van der Waals surface area contributed by atoms with Gasteiger partial charge in [-0.1, -0.05) is 26.0 Å². The standard InChI is InChI=1S/C24H29NO5/c1-4-22(27)21-10-19(23(28)11-18-8-15(18)2)13-25(24(21)29)12-17-6-5-7-20(9-17)30-14-16(3)26/h5-7,9-10,13,15-16,18,26H,4,8,11-12,14H2,1-3H3/t15-,16+,18+/m0/s1. The summed E-state index contributed by atoms with van der Waals surface area (Å²) >= 11 is 0. The number of ketones is 2. The Hall–Kier alpha value is -2.73. The Morgan fingerprint density at radius 1 is 1.27 bits per heavy atom. The van der Waals surface area contributed by atoms with E-state index < -0.39 is 11.7 Å². The van der Waals surface area contributed by atoms with Crippen LogP contribution in [0.4, 0.5) is 0 Å². The molecule has 1 aliphatic carbocycles. The van der Waals surface area contributed by atoms with E-state index in [0.717, 1.165) is 12.0 Å². The van der Waals surface area contributed by atoms with Crippen LogP contribution in [-0.2, 0) is 6.54 Å². The van der Waals surface area contributed by atoms with Crippen molar-refractivity contribution in [1.29, 1.82) is 0 Å². The van der Waals surface area contributed by atoms with Crippen LogP contribution >= 0.6 is 0 Å². The summed E-state index contributed by atoms with van der Waals surface area (Å²) in [6, 6.07) is 8.68. The van der Waals surface area contributed by atoms with Crippen LogP contribution in [0.25, 0.3) is 0 Å². The molecule has 0 aliphatic heterocycles. The summed E-state index contributed by atoms with van der Waals surface area (Å²) in [7, 11) is 0. The highest BCUT2D eigenvalue weighted by Gasteiger charge is 2.34. The lowest BCUT2D eigenvalue weighted by molar-refractivity contribution is 0.0973. The minimum absolute atomic E-state index is 0.0303. The van der Waals surface area contributed by atoms with E-state index >= 15 is 0 Å². The molecule has 160 valence electrons. The molecule has 0 radical (unpaired) electrons. The second-order valence-corrected chi connectivity index (χ2v) is 8.26. The van der Waals surface area contributed by atoms with Crippen LogP contribution in [0.15, 0.2) is 41.3 Å². The maximum Gasteiger partial charge on any atom is 0.261 e. The van der Waals surface area contributed by atoms with Gasteiger partial charge < -0.3 is 14.4 Å². The summed E-state index contributed by atoms with van der Waals surface area (Å²) in [5.74, 6) is 1.24. The van der Waals surface area contributed by atoms with Crippen LogP contribution < -0.4 is 10.3 Å². The molecular formula is C24H29NO5. The smallest absolute Gasteiger partial charge is 0.261 e. The average molecular weight is 411 g/mol. The second kappa shape index (κ2) is 9.39. The van der Waals surface area contributed by atoms with Crippen molar-refractivity contribution >= 4 is 11.6 Å². The number of pyridine rings is 1. The molecule has 0 amide bonds. The number of aliphatic hydroxyl groups excluding tert-OH is 1. The van der Waals surface area contributed by atoms with E-state index in [0.29, 0.717) is 29.6 Å². The van der Waals surface area contributed by atoms with Crippen molar-refractivity contribution in [2.24, 2.45) is 11.8 Å². The topological polar surface area (TPSA) is 85.6 Å². The van der Waals surface area contributed by atoms with E-state index in [9.17, 15) is 19.5 Å². The van der Waals surface area contributed by atoms with Gasteiger partial charge in [-0.3, -0.25) is 14.4 Å². The molecule has 3 rings (SSSR count). The SMILES string of the molecule is CCC(=O)c1cc(C(=O)C[C@H]2C[C@@H]2C)cn(Cc2cccc(OC[C@@H](C)O)c2)c1=O. The molecular weight excluding hydrogens is 382 g/mol. The number of aliphatic hydroxyl groups is 1. The molecule has 2 aromatic rings. The van der Waals surface area contributed by atoms with Crippen LogP contribution in [0.1, 0.15) is 66.3 Å². The zero-order valence-corrected chi connectivity index (χ0v) is 17.8. The highest BCUT2D eigenvalue weighted by Crippen LogP contribution is 2.41. The molecule has 0 saturated heterocycles. The highest BCUT2D eigenvalue weighted by molar-refractivity contribution is 6.01. The lowest BCUT2D eigenvalue weighted by Gasteiger charge is -2.13. The molecule has 0 unspecified atom stereocenters. The Morgan fingerprint density at radius 2 is 2.00 bits per heavy atom. The van der Waals surface area contributed by atoms with Crippen molar-refractivity contribution < 1.29 is 19.4 Å². The van der Waals surface area contributed by atoms with Gasteiger partial charge in [0, 0.05) is 24.6 Å². The normalized spacial score (nSPS) is 18.7. The zero-order chi connectivity index (χ0) is 21.8. The minimum atomic E-state index is -0.587. The van der Waals surface area contributed by atoms with Crippen LogP contribution in [0.2, 0.25) is 0 Å². The van der Waals surface area contributed by atoms with Crippen LogP contribution in [-0.4, -0.2) is 34.0 Å². The van der Waals surface area contributed by atoms with E-state index in [2.05, 4.69) is 6.92 Å². The maximum atomic E-state index is 12.9. The van der Waals surface area contributed by atoms with Crippen molar-refractivity contribution in [3.8, 4) is 5.75 Å². The van der Waals surface area contributed by atoms with Gasteiger partial charge in [0.05, 0.1) is 18.2 Å². The third-order valence-electron chi connectivity index (χ3n) is 5.50. The predicted molar refractivity (Wildman–Crippen MR) is 114 cm³/mol. The molecule has 0 bridgehead atoms. The summed E-state index contributed by atoms with van der Waals surface area (Å²) in [6.45, 7) is 5.85. The summed E-state index contributed by atoms with van der Waals surface area (Å²) in [4.78, 5) is 38.0. The van der Waals surface area contributed by atoms with Gasteiger partial charge >= 0.3 is 0 Å². The molecule has 1 N–H and O–H groups in total. The van der Waals surface area contributed by atoms with E-state index in [1.165, 1.54) is 10.6 Å². The molecule has 1 aromatic carbocycles. The highest BCUT2D eigenvalue weighted by atomic mass is 16.5. The molecule has 0 spiro atoms. The maximum absolute atomic E-state index is 12.9. The van der Waals surface area contributed by atoms with Gasteiger partial charge in [0.2, 0.25) is 0 Å². The number of carbonyl (C=O) groups excluding carboxylic acids is 2. The largest absolute Gasteiger partial charge is 0.491 e. The molecule has 6 heteroatoms. The van der Waals surface area contributed by atoms with Crippen LogP contribution in [0.3, 0.4) is 0 Å². The number of hydrogen-bond donors (Lipinski definition) is 1. The fourth-order valence-electron chi connectivity index (χ4n) is 3.48. The summed E-state index contributed by atoms with van der Waals surface area (Å²) in [5, 5.41) is 9.39. The van der Waals surface area contributed by atoms with Gasteiger partial charge in [-0.25, -0.2) is 0 Å². The van der Waals surface area contributed by atoms with Crippen molar-refractivity contribution in [2.75, 3.05) is 6.61 Å². The molecule has 1 saturated carbocycles. The number of carbonyl (C=O) groups is 2. The fourth-order valence-corrected chi connectivity index (χ4v) is 3.48. The lowest BCUT2D eigenvalue weighted by Crippen LogP contribution is -2.28. The van der Waals surface area contributed by atoms with Gasteiger partial charge in [0.15, 0.2) is 11.6 Å². The van der Waals surface area contributed by atoms with E-state index in [4.69, 9.17) is 4.74 Å². The fraction of sp³-hybridized carbons (Fsp3) is 0.458. The Labute approximate surface area is 176 Å². The second-order valence-electron chi connectivity index (χ2n) is 8.26. The summed E-state index contributed by atoms with van der Waals surface area (Å²) in [6.07, 6.45) is 2.67. The van der Waals surface area contributed by atoms with E-state index in [1.807, 2.05) is 6.07 Å². The Balaban J connectivity index is 1.90. The first kappa shape index (κ1) is 22.0. The molecule has 6 nitrogen and oxygen atoms in total. The van der Waals surface area contributed by atoms with Crippen molar-refractivity contribution in [3.05, 3.63) is 63.6 Å². The van der Waals surface area contributed by atoms with E-state index in [1.54, 1.807) is 38.2 Å². The number of benzene rings is 1. The first-order valence-corrected chi connectivity index (χ1v) is 10.5. The average Bonchev–Trinajstić information content (AvgIpc) is 3.41.